The Morgan fingerprint density at radius 1 is 0.769 bits per heavy atom. The summed E-state index contributed by atoms with van der Waals surface area (Å²) in [5, 5.41) is 2.84. The van der Waals surface area contributed by atoms with Crippen LogP contribution in [-0.4, -0.2) is 71.9 Å². The highest BCUT2D eigenvalue weighted by molar-refractivity contribution is 7.09. The molecule has 0 radical (unpaired) electrons. The summed E-state index contributed by atoms with van der Waals surface area (Å²) in [5.74, 6) is -0.0677. The van der Waals surface area contributed by atoms with Crippen molar-refractivity contribution in [2.45, 2.75) is 46.5 Å². The van der Waals surface area contributed by atoms with E-state index in [1.807, 2.05) is 13.8 Å². The molecule has 0 aliphatic rings. The summed E-state index contributed by atoms with van der Waals surface area (Å²) in [6.45, 7) is 11.1. The molecule has 26 heavy (non-hydrogen) atoms. The third-order valence-electron chi connectivity index (χ3n) is 3.05. The SMILES string of the molecule is CC.CCCCCCNC(=O)COCCOCCOCCOCCOP. The molecule has 0 saturated carbocycles. The molecular weight excluding hydrogens is 357 g/mol. The number of hydrogen-bond acceptors (Lipinski definition) is 6. The molecule has 1 atom stereocenters. The fourth-order valence-electron chi connectivity index (χ4n) is 1.76. The first-order valence-electron chi connectivity index (χ1n) is 9.70. The summed E-state index contributed by atoms with van der Waals surface area (Å²) in [4.78, 5) is 11.5. The lowest BCUT2D eigenvalue weighted by Crippen LogP contribution is -2.29. The topological polar surface area (TPSA) is 75.3 Å². The van der Waals surface area contributed by atoms with Gasteiger partial charge < -0.3 is 28.8 Å². The van der Waals surface area contributed by atoms with E-state index in [4.69, 9.17) is 23.5 Å². The van der Waals surface area contributed by atoms with Gasteiger partial charge in [0.15, 0.2) is 0 Å². The van der Waals surface area contributed by atoms with Crippen molar-refractivity contribution < 1.29 is 28.3 Å². The van der Waals surface area contributed by atoms with E-state index in [1.54, 1.807) is 0 Å². The molecule has 0 aromatic rings. The fraction of sp³-hybridized carbons (Fsp3) is 0.944. The average Bonchev–Trinajstić information content (AvgIpc) is 2.67. The predicted molar refractivity (Wildman–Crippen MR) is 107 cm³/mol. The maximum absolute atomic E-state index is 11.5. The second kappa shape index (κ2) is 26.9. The summed E-state index contributed by atoms with van der Waals surface area (Å²) in [6.07, 6.45) is 4.60. The Kier molecular flexibility index (Phi) is 28.9. The van der Waals surface area contributed by atoms with Gasteiger partial charge in [0.05, 0.1) is 52.9 Å². The molecular formula is C18H40NO6P. The lowest BCUT2D eigenvalue weighted by Gasteiger charge is -2.08. The number of ether oxygens (including phenoxy) is 4. The Balaban J connectivity index is 0. The van der Waals surface area contributed by atoms with Gasteiger partial charge in [0.2, 0.25) is 5.91 Å². The van der Waals surface area contributed by atoms with Crippen molar-refractivity contribution in [2.75, 3.05) is 66.0 Å². The zero-order valence-corrected chi connectivity index (χ0v) is 18.1. The molecule has 0 aromatic heterocycles. The van der Waals surface area contributed by atoms with E-state index in [1.165, 1.54) is 12.8 Å². The summed E-state index contributed by atoms with van der Waals surface area (Å²) < 4.78 is 25.9. The van der Waals surface area contributed by atoms with Gasteiger partial charge in [0, 0.05) is 16.0 Å². The van der Waals surface area contributed by atoms with Crippen LogP contribution in [0.25, 0.3) is 0 Å². The van der Waals surface area contributed by atoms with E-state index in [2.05, 4.69) is 21.7 Å². The average molecular weight is 397 g/mol. The minimum absolute atomic E-state index is 0.0677. The summed E-state index contributed by atoms with van der Waals surface area (Å²) in [6, 6.07) is 0. The molecule has 1 N–H and O–H groups in total. The van der Waals surface area contributed by atoms with Crippen LogP contribution in [0.5, 0.6) is 0 Å². The van der Waals surface area contributed by atoms with Crippen molar-refractivity contribution in [3.05, 3.63) is 0 Å². The van der Waals surface area contributed by atoms with Gasteiger partial charge in [-0.15, -0.1) is 0 Å². The third-order valence-corrected chi connectivity index (χ3v) is 3.28. The van der Waals surface area contributed by atoms with Gasteiger partial charge in [-0.2, -0.15) is 0 Å². The van der Waals surface area contributed by atoms with E-state index in [-0.39, 0.29) is 12.5 Å². The largest absolute Gasteiger partial charge is 0.377 e. The first-order valence-corrected chi connectivity index (χ1v) is 10.2. The van der Waals surface area contributed by atoms with Crippen LogP contribution in [0.3, 0.4) is 0 Å². The number of rotatable bonds is 19. The number of carbonyl (C=O) groups excluding carboxylic acids is 1. The van der Waals surface area contributed by atoms with Crippen LogP contribution in [0.2, 0.25) is 0 Å². The van der Waals surface area contributed by atoms with Crippen LogP contribution in [-0.2, 0) is 28.3 Å². The first kappa shape index (κ1) is 27.9. The van der Waals surface area contributed by atoms with Crippen LogP contribution in [0.4, 0.5) is 0 Å². The molecule has 0 aliphatic heterocycles. The number of carbonyl (C=O) groups is 1. The number of nitrogens with one attached hydrogen (secondary N) is 1. The lowest BCUT2D eigenvalue weighted by molar-refractivity contribution is -0.126. The van der Waals surface area contributed by atoms with Gasteiger partial charge in [0.1, 0.15) is 6.61 Å². The number of unbranched alkanes of at least 4 members (excludes halogenated alkanes) is 3. The quantitative estimate of drug-likeness (QED) is 0.267. The smallest absolute Gasteiger partial charge is 0.245 e. The van der Waals surface area contributed by atoms with Crippen molar-refractivity contribution in [3.63, 3.8) is 0 Å². The van der Waals surface area contributed by atoms with E-state index in [0.29, 0.717) is 52.9 Å². The second-order valence-corrected chi connectivity index (χ2v) is 5.50. The monoisotopic (exact) mass is 397 g/mol. The van der Waals surface area contributed by atoms with Crippen LogP contribution in [0.15, 0.2) is 0 Å². The molecule has 0 heterocycles. The highest BCUT2D eigenvalue weighted by Gasteiger charge is 2.00. The summed E-state index contributed by atoms with van der Waals surface area (Å²) in [7, 11) is 2.18. The molecule has 158 valence electrons. The van der Waals surface area contributed by atoms with Gasteiger partial charge in [-0.3, -0.25) is 4.79 Å². The van der Waals surface area contributed by atoms with Gasteiger partial charge in [-0.25, -0.2) is 0 Å². The Morgan fingerprint density at radius 3 is 1.77 bits per heavy atom. The molecule has 0 aromatic carbocycles. The zero-order chi connectivity index (χ0) is 19.7. The molecule has 0 aliphatic carbocycles. The van der Waals surface area contributed by atoms with Crippen molar-refractivity contribution >= 4 is 15.4 Å². The minimum Gasteiger partial charge on any atom is -0.377 e. The molecule has 0 saturated heterocycles. The van der Waals surface area contributed by atoms with Crippen LogP contribution < -0.4 is 5.32 Å². The predicted octanol–water partition coefficient (Wildman–Crippen LogP) is 2.58. The molecule has 0 bridgehead atoms. The fourth-order valence-corrected chi connectivity index (χ4v) is 1.86. The van der Waals surface area contributed by atoms with E-state index >= 15 is 0 Å². The summed E-state index contributed by atoms with van der Waals surface area (Å²) in [5.41, 5.74) is 0. The van der Waals surface area contributed by atoms with Gasteiger partial charge in [-0.1, -0.05) is 40.0 Å². The van der Waals surface area contributed by atoms with E-state index < -0.39 is 0 Å². The lowest BCUT2D eigenvalue weighted by atomic mass is 10.2. The standard InChI is InChI=1S/C16H34NO6P.C2H6/c1-2-3-4-5-6-17-16(18)15-22-12-11-20-8-7-19-9-10-21-13-14-23-24;1-2/h2-15,24H2,1H3,(H,17,18);1-2H3. The maximum atomic E-state index is 11.5. The van der Waals surface area contributed by atoms with Crippen molar-refractivity contribution in [3.8, 4) is 0 Å². The molecule has 1 unspecified atom stereocenters. The van der Waals surface area contributed by atoms with Crippen molar-refractivity contribution in [2.24, 2.45) is 0 Å². The van der Waals surface area contributed by atoms with Gasteiger partial charge in [0.25, 0.3) is 0 Å². The van der Waals surface area contributed by atoms with E-state index in [0.717, 1.165) is 19.4 Å². The highest BCUT2D eigenvalue weighted by Crippen LogP contribution is 1.96. The van der Waals surface area contributed by atoms with Crippen molar-refractivity contribution in [1.29, 1.82) is 0 Å². The van der Waals surface area contributed by atoms with Crippen LogP contribution in [0.1, 0.15) is 46.5 Å². The number of amides is 1. The Morgan fingerprint density at radius 2 is 1.27 bits per heavy atom. The number of hydrogen-bond donors (Lipinski definition) is 1. The molecule has 0 spiro atoms. The Labute approximate surface area is 162 Å². The molecule has 1 amide bonds. The Hall–Kier alpha value is -0.300. The molecule has 7 nitrogen and oxygen atoms in total. The second-order valence-electron chi connectivity index (χ2n) is 5.17. The first-order chi connectivity index (χ1) is 12.8. The summed E-state index contributed by atoms with van der Waals surface area (Å²) >= 11 is 0. The molecule has 0 fully saturated rings. The minimum atomic E-state index is -0.0677. The zero-order valence-electron chi connectivity index (χ0n) is 16.9. The maximum Gasteiger partial charge on any atom is 0.245 e. The highest BCUT2D eigenvalue weighted by atomic mass is 31.0. The normalized spacial score (nSPS) is 10.3. The molecule has 0 rings (SSSR count). The van der Waals surface area contributed by atoms with Crippen LogP contribution >= 0.6 is 9.47 Å². The van der Waals surface area contributed by atoms with Crippen molar-refractivity contribution in [1.82, 2.24) is 5.32 Å². The van der Waals surface area contributed by atoms with Crippen LogP contribution in [0, 0.1) is 0 Å². The van der Waals surface area contributed by atoms with Gasteiger partial charge in [-0.05, 0) is 6.42 Å². The van der Waals surface area contributed by atoms with Gasteiger partial charge >= 0.3 is 0 Å². The van der Waals surface area contributed by atoms with E-state index in [9.17, 15) is 4.79 Å². The Bertz CT molecular complexity index is 272. The third kappa shape index (κ3) is 25.9. The molecule has 8 heteroatoms.